The zero-order chi connectivity index (χ0) is 13.8. The summed E-state index contributed by atoms with van der Waals surface area (Å²) in [6, 6.07) is 4.39. The van der Waals surface area contributed by atoms with Gasteiger partial charge in [0.05, 0.1) is 12.0 Å². The van der Waals surface area contributed by atoms with Crippen LogP contribution < -0.4 is 10.2 Å². The minimum Gasteiger partial charge on any atom is -0.481 e. The second-order valence-electron chi connectivity index (χ2n) is 4.11. The number of carbonyl (C=O) groups is 2. The fourth-order valence-electron chi connectivity index (χ4n) is 1.98. The first-order chi connectivity index (χ1) is 9.11. The first kappa shape index (κ1) is 12.8. The van der Waals surface area contributed by atoms with Crippen LogP contribution in [0.25, 0.3) is 0 Å². The topological polar surface area (TPSA) is 106 Å². The van der Waals surface area contributed by atoms with Crippen molar-refractivity contribution in [3.63, 3.8) is 0 Å². The number of aliphatic carboxylic acids is 1. The molecular weight excluding hydrogens is 248 g/mol. The Labute approximate surface area is 109 Å². The quantitative estimate of drug-likeness (QED) is 0.775. The molecule has 1 atom stereocenters. The summed E-state index contributed by atoms with van der Waals surface area (Å²) in [6.45, 7) is 0.930. The minimum atomic E-state index is -1.04. The van der Waals surface area contributed by atoms with Gasteiger partial charge < -0.3 is 15.3 Å². The Morgan fingerprint density at radius 1 is 1.63 bits per heavy atom. The van der Waals surface area contributed by atoms with E-state index >= 15 is 0 Å². The first-order valence-electron chi connectivity index (χ1n) is 5.74. The van der Waals surface area contributed by atoms with Gasteiger partial charge in [-0.3, -0.25) is 9.59 Å². The van der Waals surface area contributed by atoms with Crippen LogP contribution >= 0.6 is 0 Å². The van der Waals surface area contributed by atoms with Crippen molar-refractivity contribution in [3.05, 3.63) is 23.9 Å². The molecule has 7 heteroatoms. The number of nitriles is 1. The number of carboxylic acids is 1. The van der Waals surface area contributed by atoms with Gasteiger partial charge in [-0.05, 0) is 12.1 Å². The van der Waals surface area contributed by atoms with Crippen LogP contribution in [0.4, 0.5) is 5.82 Å². The smallest absolute Gasteiger partial charge is 0.305 e. The Bertz CT molecular complexity index is 535. The average Bonchev–Trinajstić information content (AvgIpc) is 2.41. The van der Waals surface area contributed by atoms with Gasteiger partial charge in [-0.1, -0.05) is 0 Å². The number of piperazine rings is 1. The van der Waals surface area contributed by atoms with E-state index in [2.05, 4.69) is 10.3 Å². The molecule has 7 nitrogen and oxygen atoms in total. The van der Waals surface area contributed by atoms with Crippen LogP contribution in [0.3, 0.4) is 0 Å². The number of hydrogen-bond acceptors (Lipinski definition) is 5. The number of nitrogens with one attached hydrogen (secondary N) is 1. The highest BCUT2D eigenvalue weighted by Gasteiger charge is 2.32. The Kier molecular flexibility index (Phi) is 3.61. The molecular formula is C12H12N4O3. The number of carbonyl (C=O) groups excluding carboxylic acids is 1. The van der Waals surface area contributed by atoms with Gasteiger partial charge in [0, 0.05) is 19.3 Å². The minimum absolute atomic E-state index is 0.284. The molecule has 0 saturated carbocycles. The monoisotopic (exact) mass is 260 g/mol. The SMILES string of the molecule is N#Cc1ccc(N2CCNC(=O)C2CC(=O)O)nc1. The Morgan fingerprint density at radius 3 is 3.00 bits per heavy atom. The zero-order valence-corrected chi connectivity index (χ0v) is 10.0. The number of carboxylic acid groups (broad SMARTS) is 1. The van der Waals surface area contributed by atoms with Crippen molar-refractivity contribution in [2.75, 3.05) is 18.0 Å². The van der Waals surface area contributed by atoms with E-state index in [1.165, 1.54) is 6.20 Å². The third kappa shape index (κ3) is 2.80. The Balaban J connectivity index is 2.25. The number of nitrogens with zero attached hydrogens (tertiary/aromatic N) is 3. The van der Waals surface area contributed by atoms with E-state index in [1.54, 1.807) is 17.0 Å². The van der Waals surface area contributed by atoms with Gasteiger partial charge in [-0.2, -0.15) is 5.26 Å². The highest BCUT2D eigenvalue weighted by molar-refractivity contribution is 5.90. The predicted molar refractivity (Wildman–Crippen MR) is 65.3 cm³/mol. The number of pyridine rings is 1. The Morgan fingerprint density at radius 2 is 2.42 bits per heavy atom. The van der Waals surface area contributed by atoms with Crippen molar-refractivity contribution in [2.45, 2.75) is 12.5 Å². The van der Waals surface area contributed by atoms with Gasteiger partial charge in [-0.15, -0.1) is 0 Å². The maximum absolute atomic E-state index is 11.7. The van der Waals surface area contributed by atoms with E-state index in [-0.39, 0.29) is 12.3 Å². The van der Waals surface area contributed by atoms with Crippen LogP contribution in [0.1, 0.15) is 12.0 Å². The van der Waals surface area contributed by atoms with Crippen LogP contribution in [0.15, 0.2) is 18.3 Å². The summed E-state index contributed by atoms with van der Waals surface area (Å²) in [4.78, 5) is 28.3. The maximum atomic E-state index is 11.7. The molecule has 1 aromatic rings. The second kappa shape index (κ2) is 5.35. The molecule has 0 spiro atoms. The molecule has 2 N–H and O–H groups in total. The van der Waals surface area contributed by atoms with Crippen LogP contribution in [0, 0.1) is 11.3 Å². The molecule has 0 bridgehead atoms. The molecule has 0 radical (unpaired) electrons. The van der Waals surface area contributed by atoms with Crippen LogP contribution in [0.5, 0.6) is 0 Å². The molecule has 0 aromatic carbocycles. The highest BCUT2D eigenvalue weighted by Crippen LogP contribution is 2.18. The molecule has 1 unspecified atom stereocenters. The van der Waals surface area contributed by atoms with Crippen molar-refractivity contribution in [1.82, 2.24) is 10.3 Å². The average molecular weight is 260 g/mol. The number of anilines is 1. The van der Waals surface area contributed by atoms with E-state index in [0.29, 0.717) is 24.5 Å². The fraction of sp³-hybridized carbons (Fsp3) is 0.333. The number of hydrogen-bond donors (Lipinski definition) is 2. The van der Waals surface area contributed by atoms with E-state index in [1.807, 2.05) is 6.07 Å². The highest BCUT2D eigenvalue weighted by atomic mass is 16.4. The summed E-state index contributed by atoms with van der Waals surface area (Å²) < 4.78 is 0. The second-order valence-corrected chi connectivity index (χ2v) is 4.11. The fourth-order valence-corrected chi connectivity index (χ4v) is 1.98. The van der Waals surface area contributed by atoms with E-state index in [4.69, 9.17) is 10.4 Å². The number of aromatic nitrogens is 1. The summed E-state index contributed by atoms with van der Waals surface area (Å²) in [5, 5.41) is 20.2. The lowest BCUT2D eigenvalue weighted by molar-refractivity contribution is -0.139. The van der Waals surface area contributed by atoms with Crippen molar-refractivity contribution < 1.29 is 14.7 Å². The summed E-state index contributed by atoms with van der Waals surface area (Å²) >= 11 is 0. The first-order valence-corrected chi connectivity index (χ1v) is 5.74. The third-order valence-corrected chi connectivity index (χ3v) is 2.87. The molecule has 19 heavy (non-hydrogen) atoms. The van der Waals surface area contributed by atoms with Gasteiger partial charge >= 0.3 is 5.97 Å². The van der Waals surface area contributed by atoms with Crippen molar-refractivity contribution >= 4 is 17.7 Å². The lowest BCUT2D eigenvalue weighted by Gasteiger charge is -2.35. The summed E-state index contributed by atoms with van der Waals surface area (Å²) in [6.07, 6.45) is 1.12. The van der Waals surface area contributed by atoms with Crippen LogP contribution in [-0.4, -0.2) is 41.1 Å². The largest absolute Gasteiger partial charge is 0.481 e. The maximum Gasteiger partial charge on any atom is 0.305 e. The van der Waals surface area contributed by atoms with Crippen molar-refractivity contribution in [2.24, 2.45) is 0 Å². The van der Waals surface area contributed by atoms with Gasteiger partial charge in [0.15, 0.2) is 0 Å². The standard InChI is InChI=1S/C12H12N4O3/c13-6-8-1-2-10(15-7-8)16-4-3-14-12(19)9(16)5-11(17)18/h1-2,7,9H,3-5H2,(H,14,19)(H,17,18). The molecule has 1 aliphatic heterocycles. The van der Waals surface area contributed by atoms with Crippen LogP contribution in [-0.2, 0) is 9.59 Å². The third-order valence-electron chi connectivity index (χ3n) is 2.87. The lowest BCUT2D eigenvalue weighted by atomic mass is 10.1. The Hall–Kier alpha value is -2.62. The summed E-state index contributed by atoms with van der Waals surface area (Å²) in [7, 11) is 0. The molecule has 0 aliphatic carbocycles. The molecule has 1 aliphatic rings. The molecule has 98 valence electrons. The van der Waals surface area contributed by atoms with E-state index in [0.717, 1.165) is 0 Å². The number of rotatable bonds is 3. The normalized spacial score (nSPS) is 18.6. The van der Waals surface area contributed by atoms with Crippen LogP contribution in [0.2, 0.25) is 0 Å². The van der Waals surface area contributed by atoms with Gasteiger partial charge in [0.25, 0.3) is 0 Å². The van der Waals surface area contributed by atoms with Gasteiger partial charge in [-0.25, -0.2) is 4.98 Å². The molecule has 1 amide bonds. The molecule has 1 aromatic heterocycles. The zero-order valence-electron chi connectivity index (χ0n) is 10.0. The lowest BCUT2D eigenvalue weighted by Crippen LogP contribution is -2.56. The van der Waals surface area contributed by atoms with Gasteiger partial charge in [0.1, 0.15) is 17.9 Å². The molecule has 2 heterocycles. The molecule has 1 saturated heterocycles. The van der Waals surface area contributed by atoms with E-state index in [9.17, 15) is 9.59 Å². The predicted octanol–water partition coefficient (Wildman–Crippen LogP) is -0.267. The summed E-state index contributed by atoms with van der Waals surface area (Å²) in [5.74, 6) is -0.861. The van der Waals surface area contributed by atoms with Crippen molar-refractivity contribution in [3.8, 4) is 6.07 Å². The number of amides is 1. The van der Waals surface area contributed by atoms with Gasteiger partial charge in [0.2, 0.25) is 5.91 Å². The van der Waals surface area contributed by atoms with E-state index < -0.39 is 12.0 Å². The molecule has 2 rings (SSSR count). The molecule has 1 fully saturated rings. The van der Waals surface area contributed by atoms with Crippen molar-refractivity contribution in [1.29, 1.82) is 5.26 Å². The summed E-state index contributed by atoms with van der Waals surface area (Å²) in [5.41, 5.74) is 0.417.